The number of hydrogen-bond donors (Lipinski definition) is 2. The smallest absolute Gasteiger partial charge is 0.227 e. The highest BCUT2D eigenvalue weighted by molar-refractivity contribution is 9.10. The lowest BCUT2D eigenvalue weighted by Crippen LogP contribution is -2.48. The van der Waals surface area contributed by atoms with E-state index in [9.17, 15) is 4.79 Å². The lowest BCUT2D eigenvalue weighted by atomic mass is 9.88. The SMILES string of the molecule is CC(C(=O)Nc1ccc2c(Br)cccc2c1)C1CNC1. The molecule has 1 aliphatic heterocycles. The lowest BCUT2D eigenvalue weighted by Gasteiger charge is -2.31. The Kier molecular flexibility index (Phi) is 3.76. The van der Waals surface area contributed by atoms with E-state index in [2.05, 4.69) is 32.6 Å². The predicted octanol–water partition coefficient (Wildman–Crippen LogP) is 3.40. The van der Waals surface area contributed by atoms with Crippen molar-refractivity contribution in [1.82, 2.24) is 5.32 Å². The van der Waals surface area contributed by atoms with Gasteiger partial charge in [-0.25, -0.2) is 0 Å². The predicted molar refractivity (Wildman–Crippen MR) is 85.8 cm³/mol. The topological polar surface area (TPSA) is 41.1 Å². The third-order valence-electron chi connectivity index (χ3n) is 4.03. The maximum atomic E-state index is 12.2. The van der Waals surface area contributed by atoms with Gasteiger partial charge in [-0.1, -0.05) is 41.1 Å². The van der Waals surface area contributed by atoms with E-state index < -0.39 is 0 Å². The van der Waals surface area contributed by atoms with Gasteiger partial charge in [-0.15, -0.1) is 0 Å². The highest BCUT2D eigenvalue weighted by atomic mass is 79.9. The van der Waals surface area contributed by atoms with Gasteiger partial charge in [-0.3, -0.25) is 4.79 Å². The van der Waals surface area contributed by atoms with E-state index in [1.807, 2.05) is 37.3 Å². The third-order valence-corrected chi connectivity index (χ3v) is 4.72. The number of carbonyl (C=O) groups is 1. The van der Waals surface area contributed by atoms with Crippen LogP contribution in [0.5, 0.6) is 0 Å². The summed E-state index contributed by atoms with van der Waals surface area (Å²) < 4.78 is 1.07. The summed E-state index contributed by atoms with van der Waals surface area (Å²) in [5.74, 6) is 0.616. The molecule has 3 nitrogen and oxygen atoms in total. The minimum absolute atomic E-state index is 0.0504. The van der Waals surface area contributed by atoms with Gasteiger partial charge in [0, 0.05) is 16.1 Å². The second-order valence-corrected chi connectivity index (χ2v) is 6.23. The highest BCUT2D eigenvalue weighted by Gasteiger charge is 2.28. The van der Waals surface area contributed by atoms with Crippen molar-refractivity contribution in [3.8, 4) is 0 Å². The number of anilines is 1. The van der Waals surface area contributed by atoms with Gasteiger partial charge >= 0.3 is 0 Å². The van der Waals surface area contributed by atoms with Crippen LogP contribution in [-0.2, 0) is 4.79 Å². The van der Waals surface area contributed by atoms with Gasteiger partial charge in [0.15, 0.2) is 0 Å². The minimum atomic E-state index is 0.0504. The number of carbonyl (C=O) groups excluding carboxylic acids is 1. The maximum Gasteiger partial charge on any atom is 0.227 e. The van der Waals surface area contributed by atoms with Crippen LogP contribution in [0.1, 0.15) is 6.92 Å². The summed E-state index contributed by atoms with van der Waals surface area (Å²) in [5, 5.41) is 8.50. The Balaban J connectivity index is 1.78. The van der Waals surface area contributed by atoms with Gasteiger partial charge in [0.2, 0.25) is 5.91 Å². The van der Waals surface area contributed by atoms with Crippen LogP contribution in [-0.4, -0.2) is 19.0 Å². The maximum absolute atomic E-state index is 12.2. The van der Waals surface area contributed by atoms with Gasteiger partial charge in [0.05, 0.1) is 0 Å². The quantitative estimate of drug-likeness (QED) is 0.904. The Hall–Kier alpha value is -1.39. The van der Waals surface area contributed by atoms with E-state index in [0.717, 1.165) is 34.0 Å². The van der Waals surface area contributed by atoms with Gasteiger partial charge < -0.3 is 10.6 Å². The molecule has 1 atom stereocenters. The van der Waals surface area contributed by atoms with Crippen molar-refractivity contribution in [2.24, 2.45) is 11.8 Å². The first-order valence-corrected chi connectivity index (χ1v) is 7.64. The summed E-state index contributed by atoms with van der Waals surface area (Å²) in [6, 6.07) is 12.1. The summed E-state index contributed by atoms with van der Waals surface area (Å²) in [6.45, 7) is 3.89. The van der Waals surface area contributed by atoms with Crippen molar-refractivity contribution in [2.45, 2.75) is 6.92 Å². The molecule has 2 aromatic rings. The van der Waals surface area contributed by atoms with Gasteiger partial charge in [0.1, 0.15) is 0 Å². The summed E-state index contributed by atoms with van der Waals surface area (Å²) in [6.07, 6.45) is 0. The summed E-state index contributed by atoms with van der Waals surface area (Å²) >= 11 is 3.54. The summed E-state index contributed by atoms with van der Waals surface area (Å²) in [5.41, 5.74) is 0.861. The molecular formula is C16H17BrN2O. The van der Waals surface area contributed by atoms with Crippen molar-refractivity contribution in [3.05, 3.63) is 40.9 Å². The number of benzene rings is 2. The van der Waals surface area contributed by atoms with E-state index >= 15 is 0 Å². The summed E-state index contributed by atoms with van der Waals surface area (Å²) in [4.78, 5) is 12.2. The van der Waals surface area contributed by atoms with Gasteiger partial charge in [-0.05, 0) is 48.0 Å². The Morgan fingerprint density at radius 3 is 2.85 bits per heavy atom. The normalized spacial score (nSPS) is 16.7. The fourth-order valence-electron chi connectivity index (χ4n) is 2.46. The van der Waals surface area contributed by atoms with E-state index in [-0.39, 0.29) is 11.8 Å². The number of halogens is 1. The first-order chi connectivity index (χ1) is 9.65. The molecule has 2 N–H and O–H groups in total. The standard InChI is InChI=1S/C16H17BrN2O/c1-10(12-8-18-9-12)16(20)19-13-5-6-14-11(7-13)3-2-4-15(14)17/h2-7,10,12,18H,8-9H2,1H3,(H,19,20). The van der Waals surface area contributed by atoms with Crippen molar-refractivity contribution >= 4 is 38.3 Å². The van der Waals surface area contributed by atoms with Gasteiger partial charge in [0.25, 0.3) is 0 Å². The van der Waals surface area contributed by atoms with Crippen LogP contribution in [0.2, 0.25) is 0 Å². The van der Waals surface area contributed by atoms with Crippen molar-refractivity contribution in [2.75, 3.05) is 18.4 Å². The number of hydrogen-bond acceptors (Lipinski definition) is 2. The average Bonchev–Trinajstić information content (AvgIpc) is 2.36. The number of amides is 1. The molecule has 1 heterocycles. The zero-order chi connectivity index (χ0) is 14.1. The molecule has 0 saturated carbocycles. The Bertz CT molecular complexity index is 652. The zero-order valence-corrected chi connectivity index (χ0v) is 12.9. The second kappa shape index (κ2) is 5.54. The minimum Gasteiger partial charge on any atom is -0.326 e. The van der Waals surface area contributed by atoms with E-state index in [1.54, 1.807) is 0 Å². The summed E-state index contributed by atoms with van der Waals surface area (Å²) in [7, 11) is 0. The molecular weight excluding hydrogens is 316 g/mol. The van der Waals surface area contributed by atoms with Crippen LogP contribution in [0.25, 0.3) is 10.8 Å². The molecule has 20 heavy (non-hydrogen) atoms. The fraction of sp³-hybridized carbons (Fsp3) is 0.312. The van der Waals surface area contributed by atoms with E-state index in [0.29, 0.717) is 5.92 Å². The molecule has 0 aliphatic carbocycles. The molecule has 1 fully saturated rings. The van der Waals surface area contributed by atoms with Crippen LogP contribution in [0.3, 0.4) is 0 Å². The lowest BCUT2D eigenvalue weighted by molar-refractivity contribution is -0.121. The molecule has 1 saturated heterocycles. The molecule has 4 heteroatoms. The molecule has 1 amide bonds. The van der Waals surface area contributed by atoms with Crippen molar-refractivity contribution in [3.63, 3.8) is 0 Å². The Labute approximate surface area is 126 Å². The Morgan fingerprint density at radius 2 is 2.15 bits per heavy atom. The van der Waals surface area contributed by atoms with Crippen LogP contribution in [0, 0.1) is 11.8 Å². The van der Waals surface area contributed by atoms with E-state index in [1.165, 1.54) is 0 Å². The second-order valence-electron chi connectivity index (χ2n) is 5.37. The van der Waals surface area contributed by atoms with Crippen molar-refractivity contribution in [1.29, 1.82) is 0 Å². The van der Waals surface area contributed by atoms with Crippen molar-refractivity contribution < 1.29 is 4.79 Å². The zero-order valence-electron chi connectivity index (χ0n) is 11.3. The molecule has 0 radical (unpaired) electrons. The molecule has 1 aliphatic rings. The molecule has 0 aromatic heterocycles. The number of rotatable bonds is 3. The number of nitrogens with one attached hydrogen (secondary N) is 2. The molecule has 0 bridgehead atoms. The molecule has 0 spiro atoms. The van der Waals surface area contributed by atoms with Crippen LogP contribution in [0.4, 0.5) is 5.69 Å². The fourth-order valence-corrected chi connectivity index (χ4v) is 2.97. The van der Waals surface area contributed by atoms with Gasteiger partial charge in [-0.2, -0.15) is 0 Å². The molecule has 3 rings (SSSR count). The molecule has 2 aromatic carbocycles. The number of fused-ring (bicyclic) bond motifs is 1. The van der Waals surface area contributed by atoms with Crippen LogP contribution in [0.15, 0.2) is 40.9 Å². The third kappa shape index (κ3) is 2.58. The van der Waals surface area contributed by atoms with Crippen LogP contribution >= 0.6 is 15.9 Å². The van der Waals surface area contributed by atoms with E-state index in [4.69, 9.17) is 0 Å². The van der Waals surface area contributed by atoms with Crippen LogP contribution < -0.4 is 10.6 Å². The molecule has 104 valence electrons. The first kappa shape index (κ1) is 13.6. The largest absolute Gasteiger partial charge is 0.326 e. The first-order valence-electron chi connectivity index (χ1n) is 6.85. The Morgan fingerprint density at radius 1 is 1.35 bits per heavy atom. The molecule has 1 unspecified atom stereocenters. The monoisotopic (exact) mass is 332 g/mol. The highest BCUT2D eigenvalue weighted by Crippen LogP contribution is 2.27. The average molecular weight is 333 g/mol.